The van der Waals surface area contributed by atoms with Crippen LogP contribution in [0.1, 0.15) is 17.5 Å². The molecule has 1 atom stereocenters. The lowest BCUT2D eigenvalue weighted by Gasteiger charge is -2.07. The molecule has 1 N–H and O–H groups in total. The molecule has 1 aromatic rings. The molecule has 1 aromatic carbocycles. The molecule has 1 aliphatic heterocycles. The number of nitrogens with zero attached hydrogens (tertiary/aromatic N) is 1. The monoisotopic (exact) mass is 287 g/mol. The standard InChI is InChI=1S/C13H12F3NO3/c14-13(15,16)9-3-1-8(2-4-9)5-11-17-10(7-20-11)6-12(18)19/h1-4,10H,5-7H2,(H,18,19). The number of carboxylic acid groups (broad SMARTS) is 1. The third-order valence-electron chi connectivity index (χ3n) is 2.82. The van der Waals surface area contributed by atoms with E-state index in [2.05, 4.69) is 4.99 Å². The Morgan fingerprint density at radius 1 is 1.35 bits per heavy atom. The minimum absolute atomic E-state index is 0.115. The lowest BCUT2D eigenvalue weighted by molar-refractivity contribution is -0.138. The fourth-order valence-corrected chi connectivity index (χ4v) is 1.86. The van der Waals surface area contributed by atoms with Gasteiger partial charge in [-0.2, -0.15) is 13.2 Å². The predicted octanol–water partition coefficient (Wildman–Crippen LogP) is 2.52. The Bertz CT molecular complexity index is 523. The summed E-state index contributed by atoms with van der Waals surface area (Å²) in [6, 6.07) is 4.30. The van der Waals surface area contributed by atoms with Crippen molar-refractivity contribution in [1.29, 1.82) is 0 Å². The molecule has 2 rings (SSSR count). The highest BCUT2D eigenvalue weighted by Gasteiger charge is 2.30. The summed E-state index contributed by atoms with van der Waals surface area (Å²) in [6.07, 6.45) is -4.21. The first-order valence-corrected chi connectivity index (χ1v) is 5.92. The largest absolute Gasteiger partial charge is 0.481 e. The molecule has 0 radical (unpaired) electrons. The third kappa shape index (κ3) is 3.72. The van der Waals surface area contributed by atoms with Crippen LogP contribution in [0.2, 0.25) is 0 Å². The van der Waals surface area contributed by atoms with E-state index in [-0.39, 0.29) is 19.4 Å². The number of hydrogen-bond donors (Lipinski definition) is 1. The summed E-state index contributed by atoms with van der Waals surface area (Å²) < 4.78 is 42.4. The quantitative estimate of drug-likeness (QED) is 0.925. The van der Waals surface area contributed by atoms with Gasteiger partial charge in [0.25, 0.3) is 0 Å². The highest BCUT2D eigenvalue weighted by atomic mass is 19.4. The molecule has 0 aromatic heterocycles. The smallest absolute Gasteiger partial charge is 0.416 e. The molecule has 20 heavy (non-hydrogen) atoms. The summed E-state index contributed by atoms with van der Waals surface area (Å²) in [7, 11) is 0. The van der Waals surface area contributed by atoms with Crippen molar-refractivity contribution in [2.45, 2.75) is 25.1 Å². The molecule has 0 fully saturated rings. The predicted molar refractivity (Wildman–Crippen MR) is 64.6 cm³/mol. The van der Waals surface area contributed by atoms with E-state index >= 15 is 0 Å². The van der Waals surface area contributed by atoms with E-state index in [0.717, 1.165) is 12.1 Å². The molecular formula is C13H12F3NO3. The fourth-order valence-electron chi connectivity index (χ4n) is 1.86. The zero-order chi connectivity index (χ0) is 14.8. The van der Waals surface area contributed by atoms with Crippen LogP contribution in [0.4, 0.5) is 13.2 Å². The van der Waals surface area contributed by atoms with Crippen molar-refractivity contribution < 1.29 is 27.8 Å². The molecule has 1 unspecified atom stereocenters. The summed E-state index contributed by atoms with van der Waals surface area (Å²) in [4.78, 5) is 14.6. The van der Waals surface area contributed by atoms with Crippen molar-refractivity contribution in [3.63, 3.8) is 0 Å². The Morgan fingerprint density at radius 3 is 2.55 bits per heavy atom. The number of alkyl halides is 3. The Labute approximate surface area is 112 Å². The molecule has 108 valence electrons. The van der Waals surface area contributed by atoms with Gasteiger partial charge >= 0.3 is 12.1 Å². The first-order valence-electron chi connectivity index (χ1n) is 5.92. The van der Waals surface area contributed by atoms with Crippen LogP contribution >= 0.6 is 0 Å². The average molecular weight is 287 g/mol. The Morgan fingerprint density at radius 2 is 2.00 bits per heavy atom. The fraction of sp³-hybridized carbons (Fsp3) is 0.385. The van der Waals surface area contributed by atoms with E-state index in [1.165, 1.54) is 12.1 Å². The van der Waals surface area contributed by atoms with E-state index in [9.17, 15) is 18.0 Å². The second-order valence-electron chi connectivity index (χ2n) is 4.46. The van der Waals surface area contributed by atoms with Crippen molar-refractivity contribution in [1.82, 2.24) is 0 Å². The van der Waals surface area contributed by atoms with Crippen molar-refractivity contribution in [3.8, 4) is 0 Å². The van der Waals surface area contributed by atoms with Crippen LogP contribution in [0.15, 0.2) is 29.3 Å². The number of carboxylic acids is 1. The van der Waals surface area contributed by atoms with Crippen LogP contribution in [0.5, 0.6) is 0 Å². The first kappa shape index (κ1) is 14.4. The topological polar surface area (TPSA) is 58.9 Å². The molecule has 0 spiro atoms. The van der Waals surface area contributed by atoms with Crippen molar-refractivity contribution in [2.24, 2.45) is 4.99 Å². The highest BCUT2D eigenvalue weighted by molar-refractivity contribution is 5.81. The molecule has 7 heteroatoms. The lowest BCUT2D eigenvalue weighted by atomic mass is 10.1. The Kier molecular flexibility index (Phi) is 3.96. The molecule has 0 saturated carbocycles. The Hall–Kier alpha value is -2.05. The molecule has 4 nitrogen and oxygen atoms in total. The van der Waals surface area contributed by atoms with Gasteiger partial charge in [0.2, 0.25) is 0 Å². The minimum atomic E-state index is -4.35. The van der Waals surface area contributed by atoms with Gasteiger partial charge in [-0.05, 0) is 17.7 Å². The number of carbonyl (C=O) groups is 1. The second kappa shape index (κ2) is 5.52. The molecular weight excluding hydrogens is 275 g/mol. The molecule has 0 saturated heterocycles. The van der Waals surface area contributed by atoms with Crippen LogP contribution in [-0.4, -0.2) is 29.6 Å². The van der Waals surface area contributed by atoms with Crippen LogP contribution in [0.25, 0.3) is 0 Å². The van der Waals surface area contributed by atoms with Crippen LogP contribution in [-0.2, 0) is 22.1 Å². The maximum Gasteiger partial charge on any atom is 0.416 e. The third-order valence-corrected chi connectivity index (χ3v) is 2.82. The van der Waals surface area contributed by atoms with Gasteiger partial charge in [0.05, 0.1) is 18.0 Å². The van der Waals surface area contributed by atoms with Crippen molar-refractivity contribution in [2.75, 3.05) is 6.61 Å². The van der Waals surface area contributed by atoms with Gasteiger partial charge in [-0.25, -0.2) is 4.99 Å². The van der Waals surface area contributed by atoms with Gasteiger partial charge in [0, 0.05) is 6.42 Å². The zero-order valence-corrected chi connectivity index (χ0v) is 10.4. The lowest BCUT2D eigenvalue weighted by Crippen LogP contribution is -2.12. The second-order valence-corrected chi connectivity index (χ2v) is 4.46. The van der Waals surface area contributed by atoms with E-state index in [0.29, 0.717) is 11.5 Å². The molecule has 1 heterocycles. The molecule has 0 aliphatic carbocycles. The van der Waals surface area contributed by atoms with Crippen molar-refractivity contribution in [3.05, 3.63) is 35.4 Å². The summed E-state index contributed by atoms with van der Waals surface area (Å²) in [5, 5.41) is 8.63. The highest BCUT2D eigenvalue weighted by Crippen LogP contribution is 2.29. The minimum Gasteiger partial charge on any atom is -0.481 e. The molecule has 0 amide bonds. The number of ether oxygens (including phenoxy) is 1. The normalized spacial score (nSPS) is 18.6. The Balaban J connectivity index is 1.99. The van der Waals surface area contributed by atoms with Crippen molar-refractivity contribution >= 4 is 11.9 Å². The number of hydrogen-bond acceptors (Lipinski definition) is 3. The summed E-state index contributed by atoms with van der Waals surface area (Å²) in [5.41, 5.74) is -0.0768. The van der Waals surface area contributed by atoms with Gasteiger partial charge in [0.15, 0.2) is 5.90 Å². The van der Waals surface area contributed by atoms with E-state index < -0.39 is 23.8 Å². The average Bonchev–Trinajstić information content (AvgIpc) is 2.75. The number of benzene rings is 1. The first-order chi connectivity index (χ1) is 9.34. The van der Waals surface area contributed by atoms with Gasteiger partial charge < -0.3 is 9.84 Å². The van der Waals surface area contributed by atoms with Gasteiger partial charge in [-0.3, -0.25) is 4.79 Å². The van der Waals surface area contributed by atoms with Gasteiger partial charge in [0.1, 0.15) is 6.61 Å². The number of halogens is 3. The van der Waals surface area contributed by atoms with Gasteiger partial charge in [-0.1, -0.05) is 12.1 Å². The molecule has 0 bridgehead atoms. The number of aliphatic carboxylic acids is 1. The SMILES string of the molecule is O=C(O)CC1COC(Cc2ccc(C(F)(F)F)cc2)=N1. The summed E-state index contributed by atoms with van der Waals surface area (Å²) >= 11 is 0. The van der Waals surface area contributed by atoms with E-state index in [1.807, 2.05) is 0 Å². The summed E-state index contributed by atoms with van der Waals surface area (Å²) in [6.45, 7) is 0.197. The zero-order valence-electron chi connectivity index (χ0n) is 10.4. The number of rotatable bonds is 4. The number of aliphatic imine (C=N–C) groups is 1. The van der Waals surface area contributed by atoms with E-state index in [4.69, 9.17) is 9.84 Å². The van der Waals surface area contributed by atoms with Crippen LogP contribution in [0.3, 0.4) is 0 Å². The van der Waals surface area contributed by atoms with E-state index in [1.54, 1.807) is 0 Å². The van der Waals surface area contributed by atoms with Gasteiger partial charge in [-0.15, -0.1) is 0 Å². The van der Waals surface area contributed by atoms with Crippen LogP contribution < -0.4 is 0 Å². The van der Waals surface area contributed by atoms with Crippen LogP contribution in [0, 0.1) is 0 Å². The molecule has 1 aliphatic rings. The maximum atomic E-state index is 12.4. The maximum absolute atomic E-state index is 12.4. The summed E-state index contributed by atoms with van der Waals surface area (Å²) in [5.74, 6) is -0.603.